The number of nitrogens with one attached hydrogen (secondary N) is 1. The number of para-hydroxylation sites is 2. The SMILES string of the molecule is CC(=O)N1c2ccccc2Nc2c1c(=O)n(C)c(=O)n2C. The Labute approximate surface area is 120 Å². The lowest BCUT2D eigenvalue weighted by molar-refractivity contribution is -0.115. The van der Waals surface area contributed by atoms with Crippen LogP contribution in [0.2, 0.25) is 0 Å². The number of fused-ring (bicyclic) bond motifs is 2. The van der Waals surface area contributed by atoms with Gasteiger partial charge in [-0.1, -0.05) is 12.1 Å². The summed E-state index contributed by atoms with van der Waals surface area (Å²) in [6.45, 7) is 1.39. The van der Waals surface area contributed by atoms with Gasteiger partial charge in [0, 0.05) is 21.0 Å². The van der Waals surface area contributed by atoms with Crippen LogP contribution < -0.4 is 21.5 Å². The lowest BCUT2D eigenvalue weighted by Crippen LogP contribution is -2.43. The average Bonchev–Trinajstić information content (AvgIpc) is 2.48. The van der Waals surface area contributed by atoms with Crippen LogP contribution in [-0.4, -0.2) is 15.0 Å². The number of carbonyl (C=O) groups is 1. The van der Waals surface area contributed by atoms with Crippen molar-refractivity contribution in [3.8, 4) is 0 Å². The van der Waals surface area contributed by atoms with Crippen molar-refractivity contribution < 1.29 is 4.79 Å². The van der Waals surface area contributed by atoms with Crippen molar-refractivity contribution in [1.82, 2.24) is 9.13 Å². The van der Waals surface area contributed by atoms with Crippen LogP contribution in [-0.2, 0) is 18.9 Å². The second-order valence-corrected chi connectivity index (χ2v) is 4.90. The fourth-order valence-electron chi connectivity index (χ4n) is 2.52. The zero-order valence-corrected chi connectivity index (χ0v) is 11.9. The molecular weight excluding hydrogens is 272 g/mol. The molecule has 0 saturated heterocycles. The molecule has 0 radical (unpaired) electrons. The quantitative estimate of drug-likeness (QED) is 0.778. The first-order valence-electron chi connectivity index (χ1n) is 6.40. The van der Waals surface area contributed by atoms with E-state index in [0.29, 0.717) is 17.2 Å². The highest BCUT2D eigenvalue weighted by molar-refractivity contribution is 6.07. The first kappa shape index (κ1) is 13.2. The van der Waals surface area contributed by atoms with Crippen LogP contribution in [0.25, 0.3) is 0 Å². The molecule has 0 atom stereocenters. The maximum absolute atomic E-state index is 12.4. The number of anilines is 4. The van der Waals surface area contributed by atoms with Crippen molar-refractivity contribution in [2.75, 3.05) is 10.2 Å². The lowest BCUT2D eigenvalue weighted by atomic mass is 10.1. The summed E-state index contributed by atoms with van der Waals surface area (Å²) in [5.74, 6) is 0.0259. The van der Waals surface area contributed by atoms with Crippen LogP contribution in [0.5, 0.6) is 0 Å². The number of nitrogens with zero attached hydrogens (tertiary/aromatic N) is 3. The highest BCUT2D eigenvalue weighted by Gasteiger charge is 2.31. The van der Waals surface area contributed by atoms with Crippen molar-refractivity contribution in [3.63, 3.8) is 0 Å². The molecule has 0 saturated carbocycles. The van der Waals surface area contributed by atoms with E-state index in [1.165, 1.54) is 23.4 Å². The fraction of sp³-hybridized carbons (Fsp3) is 0.214. The van der Waals surface area contributed by atoms with E-state index in [0.717, 1.165) is 4.57 Å². The monoisotopic (exact) mass is 286 g/mol. The lowest BCUT2D eigenvalue weighted by Gasteiger charge is -2.31. The molecule has 3 rings (SSSR count). The van der Waals surface area contributed by atoms with Crippen LogP contribution in [0.15, 0.2) is 33.9 Å². The number of aromatic nitrogens is 2. The minimum Gasteiger partial charge on any atom is -0.338 e. The highest BCUT2D eigenvalue weighted by Crippen LogP contribution is 2.40. The molecule has 1 aliphatic rings. The van der Waals surface area contributed by atoms with Gasteiger partial charge in [-0.2, -0.15) is 0 Å². The minimum atomic E-state index is -0.509. The predicted molar refractivity (Wildman–Crippen MR) is 79.5 cm³/mol. The maximum atomic E-state index is 12.4. The van der Waals surface area contributed by atoms with Crippen molar-refractivity contribution in [1.29, 1.82) is 0 Å². The predicted octanol–water partition coefficient (Wildman–Crippen LogP) is 0.826. The van der Waals surface area contributed by atoms with Gasteiger partial charge in [-0.15, -0.1) is 0 Å². The molecular formula is C14H14N4O3. The number of benzene rings is 1. The average molecular weight is 286 g/mol. The van der Waals surface area contributed by atoms with Gasteiger partial charge in [-0.05, 0) is 12.1 Å². The topological polar surface area (TPSA) is 76.3 Å². The van der Waals surface area contributed by atoms with Crippen LogP contribution >= 0.6 is 0 Å². The molecule has 1 amide bonds. The molecule has 0 unspecified atom stereocenters. The summed E-state index contributed by atoms with van der Waals surface area (Å²) in [6, 6.07) is 7.13. The Hall–Kier alpha value is -2.83. The third-order valence-electron chi connectivity index (χ3n) is 3.58. The molecule has 2 heterocycles. The van der Waals surface area contributed by atoms with Crippen molar-refractivity contribution >= 4 is 28.8 Å². The summed E-state index contributed by atoms with van der Waals surface area (Å²) in [5.41, 5.74) is 0.460. The van der Waals surface area contributed by atoms with E-state index in [4.69, 9.17) is 0 Å². The standard InChI is InChI=1S/C14H14N4O3/c1-8(19)18-10-7-5-4-6-9(10)15-12-11(18)13(20)17(3)14(21)16(12)2/h4-7,15H,1-3H3. The number of carbonyl (C=O) groups excluding carboxylic acids is 1. The molecule has 108 valence electrons. The van der Waals surface area contributed by atoms with Gasteiger partial charge >= 0.3 is 5.69 Å². The van der Waals surface area contributed by atoms with Crippen molar-refractivity contribution in [2.45, 2.75) is 6.92 Å². The Bertz CT molecular complexity index is 879. The third-order valence-corrected chi connectivity index (χ3v) is 3.58. The zero-order valence-electron chi connectivity index (χ0n) is 11.9. The molecule has 0 spiro atoms. The summed E-state index contributed by atoms with van der Waals surface area (Å²) in [7, 11) is 2.95. The van der Waals surface area contributed by atoms with Crippen molar-refractivity contribution in [2.24, 2.45) is 14.1 Å². The van der Waals surface area contributed by atoms with Crippen molar-refractivity contribution in [3.05, 3.63) is 45.1 Å². The largest absolute Gasteiger partial charge is 0.338 e. The Morgan fingerprint density at radius 1 is 1.10 bits per heavy atom. The van der Waals surface area contributed by atoms with E-state index in [2.05, 4.69) is 5.32 Å². The van der Waals surface area contributed by atoms with Crippen LogP contribution in [0.3, 0.4) is 0 Å². The third kappa shape index (κ3) is 1.70. The second kappa shape index (κ2) is 4.34. The second-order valence-electron chi connectivity index (χ2n) is 4.90. The number of hydrogen-bond donors (Lipinski definition) is 1. The van der Waals surface area contributed by atoms with Gasteiger partial charge in [0.2, 0.25) is 5.91 Å². The summed E-state index contributed by atoms with van der Waals surface area (Å²) in [4.78, 5) is 37.8. The van der Waals surface area contributed by atoms with Gasteiger partial charge in [0.1, 0.15) is 5.82 Å². The molecule has 0 aliphatic carbocycles. The summed E-state index contributed by atoms with van der Waals surface area (Å²) in [5, 5.41) is 3.06. The van der Waals surface area contributed by atoms with Gasteiger partial charge < -0.3 is 5.32 Å². The first-order chi connectivity index (χ1) is 9.93. The smallest absolute Gasteiger partial charge is 0.332 e. The van der Waals surface area contributed by atoms with Crippen LogP contribution in [0, 0.1) is 0 Å². The molecule has 1 aromatic heterocycles. The minimum absolute atomic E-state index is 0.158. The van der Waals surface area contributed by atoms with Gasteiger partial charge in [-0.3, -0.25) is 23.6 Å². The molecule has 1 N–H and O–H groups in total. The van der Waals surface area contributed by atoms with Gasteiger partial charge in [0.05, 0.1) is 11.4 Å². The van der Waals surface area contributed by atoms with Crippen LogP contribution in [0.4, 0.5) is 22.9 Å². The summed E-state index contributed by atoms with van der Waals surface area (Å²) >= 11 is 0. The summed E-state index contributed by atoms with van der Waals surface area (Å²) in [6.07, 6.45) is 0. The Morgan fingerprint density at radius 3 is 2.43 bits per heavy atom. The van der Waals surface area contributed by atoms with E-state index in [-0.39, 0.29) is 11.6 Å². The Balaban J connectivity index is 2.44. The zero-order chi connectivity index (χ0) is 15.3. The molecule has 21 heavy (non-hydrogen) atoms. The van der Waals surface area contributed by atoms with Crippen LogP contribution in [0.1, 0.15) is 6.92 Å². The summed E-state index contributed by atoms with van der Waals surface area (Å²) < 4.78 is 2.31. The van der Waals surface area contributed by atoms with Gasteiger partial charge in [0.15, 0.2) is 5.69 Å². The van der Waals surface area contributed by atoms with Gasteiger partial charge in [-0.25, -0.2) is 4.79 Å². The molecule has 0 fully saturated rings. The maximum Gasteiger partial charge on any atom is 0.332 e. The fourth-order valence-corrected chi connectivity index (χ4v) is 2.52. The van der Waals surface area contributed by atoms with Gasteiger partial charge in [0.25, 0.3) is 5.56 Å². The molecule has 1 aliphatic heterocycles. The first-order valence-corrected chi connectivity index (χ1v) is 6.40. The molecule has 0 bridgehead atoms. The molecule has 7 nitrogen and oxygen atoms in total. The number of amides is 1. The van der Waals surface area contributed by atoms with E-state index in [9.17, 15) is 14.4 Å². The van der Waals surface area contributed by atoms with E-state index in [1.54, 1.807) is 25.2 Å². The molecule has 7 heteroatoms. The molecule has 2 aromatic rings. The Morgan fingerprint density at radius 2 is 1.76 bits per heavy atom. The normalized spacial score (nSPS) is 12.4. The Kier molecular flexibility index (Phi) is 2.72. The number of hydrogen-bond acceptors (Lipinski definition) is 4. The van der Waals surface area contributed by atoms with E-state index < -0.39 is 11.2 Å². The molecule has 1 aromatic carbocycles. The number of rotatable bonds is 0. The van der Waals surface area contributed by atoms with E-state index >= 15 is 0 Å². The highest BCUT2D eigenvalue weighted by atomic mass is 16.2. The van der Waals surface area contributed by atoms with E-state index in [1.807, 2.05) is 6.07 Å².